The molecule has 0 aliphatic carbocycles. The molecule has 2 nitrogen and oxygen atoms in total. The molecule has 0 bridgehead atoms. The van der Waals surface area contributed by atoms with Crippen molar-refractivity contribution in [1.29, 1.82) is 0 Å². The Bertz CT molecular complexity index is 480. The Morgan fingerprint density at radius 1 is 1.16 bits per heavy atom. The Morgan fingerprint density at radius 3 is 2.16 bits per heavy atom. The van der Waals surface area contributed by atoms with Crippen LogP contribution in [0.5, 0.6) is 5.75 Å². The molecule has 0 heterocycles. The third kappa shape index (κ3) is 3.04. The zero-order valence-corrected chi connectivity index (χ0v) is 10.3. The molecule has 1 aromatic rings. The molecule has 19 heavy (non-hydrogen) atoms. The molecule has 1 rings (SSSR count). The lowest BCUT2D eigenvalue weighted by atomic mass is 10.3. The minimum Gasteiger partial charge on any atom is -0.427 e. The molecule has 0 spiro atoms. The van der Waals surface area contributed by atoms with Crippen molar-refractivity contribution in [2.75, 3.05) is 5.73 Å². The van der Waals surface area contributed by atoms with E-state index in [1.54, 1.807) is 0 Å². The highest BCUT2D eigenvalue weighted by atomic mass is 79.9. The Morgan fingerprint density at radius 2 is 1.68 bits per heavy atom. The van der Waals surface area contributed by atoms with Gasteiger partial charge >= 0.3 is 18.5 Å². The monoisotopic (exact) mass is 355 g/mol. The van der Waals surface area contributed by atoms with E-state index in [1.165, 1.54) is 0 Å². The molecule has 2 N–H and O–H groups in total. The standard InChI is InChI=1S/C9H5BrF7NO/c10-3-1-5(18)4(11)2-6(3)19-9(16,17)8(14,15)7(12)13/h1-2,7H,18H2. The SMILES string of the molecule is Nc1cc(Br)c(OC(F)(F)C(F)(F)C(F)F)cc1F. The number of nitrogens with two attached hydrogens (primary N) is 1. The van der Waals surface area contributed by atoms with E-state index in [2.05, 4.69) is 20.7 Å². The molecule has 0 aromatic heterocycles. The molecule has 1 aromatic carbocycles. The van der Waals surface area contributed by atoms with E-state index in [9.17, 15) is 30.7 Å². The summed E-state index contributed by atoms with van der Waals surface area (Å²) in [5.41, 5.74) is 4.60. The Balaban J connectivity index is 3.12. The van der Waals surface area contributed by atoms with Crippen molar-refractivity contribution in [2.45, 2.75) is 18.5 Å². The third-order valence-electron chi connectivity index (χ3n) is 1.95. The molecule has 10 heteroatoms. The quantitative estimate of drug-likeness (QED) is 0.653. The predicted octanol–water partition coefficient (Wildman–Crippen LogP) is 4.04. The smallest absolute Gasteiger partial charge is 0.427 e. The molecule has 108 valence electrons. The molecule has 0 radical (unpaired) electrons. The van der Waals surface area contributed by atoms with Crippen molar-refractivity contribution >= 4 is 21.6 Å². The Kier molecular flexibility index (Phi) is 4.23. The van der Waals surface area contributed by atoms with Crippen LogP contribution in [-0.4, -0.2) is 18.5 Å². The third-order valence-corrected chi connectivity index (χ3v) is 2.57. The Hall–Kier alpha value is -1.19. The van der Waals surface area contributed by atoms with Crippen LogP contribution in [0.15, 0.2) is 16.6 Å². The number of hydrogen-bond donors (Lipinski definition) is 1. The zero-order chi connectivity index (χ0) is 15.0. The summed E-state index contributed by atoms with van der Waals surface area (Å²) in [6.45, 7) is 0. The summed E-state index contributed by atoms with van der Waals surface area (Å²) >= 11 is 2.60. The van der Waals surface area contributed by atoms with Crippen LogP contribution in [0, 0.1) is 5.82 Å². The van der Waals surface area contributed by atoms with Gasteiger partial charge in [0.25, 0.3) is 0 Å². The highest BCUT2D eigenvalue weighted by Gasteiger charge is 2.66. The first-order chi connectivity index (χ1) is 8.49. The zero-order valence-electron chi connectivity index (χ0n) is 8.74. The predicted molar refractivity (Wildman–Crippen MR) is 55.0 cm³/mol. The minimum atomic E-state index is -5.73. The lowest BCUT2D eigenvalue weighted by Gasteiger charge is -2.26. The van der Waals surface area contributed by atoms with Gasteiger partial charge in [0.05, 0.1) is 10.2 Å². The van der Waals surface area contributed by atoms with Gasteiger partial charge < -0.3 is 10.5 Å². The van der Waals surface area contributed by atoms with Crippen molar-refractivity contribution in [3.63, 3.8) is 0 Å². The summed E-state index contributed by atoms with van der Waals surface area (Å²) in [5, 5.41) is 0. The molecule has 0 aliphatic rings. The van der Waals surface area contributed by atoms with E-state index >= 15 is 0 Å². The van der Waals surface area contributed by atoms with Gasteiger partial charge in [-0.15, -0.1) is 0 Å². The number of hydrogen-bond acceptors (Lipinski definition) is 2. The fraction of sp³-hybridized carbons (Fsp3) is 0.333. The number of anilines is 1. The number of benzene rings is 1. The van der Waals surface area contributed by atoms with Gasteiger partial charge in [-0.2, -0.15) is 17.6 Å². The van der Waals surface area contributed by atoms with Crippen LogP contribution in [0.3, 0.4) is 0 Å². The van der Waals surface area contributed by atoms with Gasteiger partial charge in [-0.05, 0) is 22.0 Å². The molecular formula is C9H5BrF7NO. The fourth-order valence-corrected chi connectivity index (χ4v) is 1.40. The van der Waals surface area contributed by atoms with E-state index in [1.807, 2.05) is 0 Å². The molecule has 0 saturated carbocycles. The molecule has 0 saturated heterocycles. The van der Waals surface area contributed by atoms with Crippen LogP contribution in [0.4, 0.5) is 36.4 Å². The second-order valence-electron chi connectivity index (χ2n) is 3.35. The van der Waals surface area contributed by atoms with Crippen LogP contribution in [0.25, 0.3) is 0 Å². The van der Waals surface area contributed by atoms with Crippen molar-refractivity contribution in [3.8, 4) is 5.75 Å². The van der Waals surface area contributed by atoms with Crippen LogP contribution >= 0.6 is 15.9 Å². The topological polar surface area (TPSA) is 35.2 Å². The molecule has 0 fully saturated rings. The number of rotatable bonds is 4. The van der Waals surface area contributed by atoms with Gasteiger partial charge in [0.2, 0.25) is 0 Å². The fourth-order valence-electron chi connectivity index (χ4n) is 0.955. The van der Waals surface area contributed by atoms with E-state index in [0.29, 0.717) is 0 Å². The first-order valence-corrected chi connectivity index (χ1v) is 5.25. The summed E-state index contributed by atoms with van der Waals surface area (Å²) < 4.78 is 90.7. The van der Waals surface area contributed by atoms with Crippen molar-refractivity contribution < 1.29 is 35.5 Å². The highest BCUT2D eigenvalue weighted by Crippen LogP contribution is 2.42. The van der Waals surface area contributed by atoms with Gasteiger partial charge in [-0.25, -0.2) is 13.2 Å². The van der Waals surface area contributed by atoms with Gasteiger partial charge in [-0.1, -0.05) is 0 Å². The van der Waals surface area contributed by atoms with Gasteiger partial charge in [0, 0.05) is 6.07 Å². The number of alkyl halides is 6. The summed E-state index contributed by atoms with van der Waals surface area (Å²) in [6, 6.07) is 1.04. The second kappa shape index (κ2) is 5.06. The first kappa shape index (κ1) is 15.9. The number of halogens is 8. The maximum Gasteiger partial charge on any atom is 0.470 e. The van der Waals surface area contributed by atoms with E-state index < -0.39 is 40.2 Å². The van der Waals surface area contributed by atoms with Crippen LogP contribution in [-0.2, 0) is 0 Å². The maximum absolute atomic E-state index is 13.0. The summed E-state index contributed by atoms with van der Waals surface area (Å²) in [7, 11) is 0. The van der Waals surface area contributed by atoms with Gasteiger partial charge in [-0.3, -0.25) is 0 Å². The van der Waals surface area contributed by atoms with E-state index in [0.717, 1.165) is 6.07 Å². The maximum atomic E-state index is 13.0. The summed E-state index contributed by atoms with van der Waals surface area (Å²) in [6.07, 6.45) is -10.2. The average Bonchev–Trinajstić information content (AvgIpc) is 2.25. The van der Waals surface area contributed by atoms with Crippen LogP contribution in [0.2, 0.25) is 0 Å². The lowest BCUT2D eigenvalue weighted by Crippen LogP contribution is -2.50. The number of ether oxygens (including phenoxy) is 1. The van der Waals surface area contributed by atoms with Crippen molar-refractivity contribution in [3.05, 3.63) is 22.4 Å². The summed E-state index contributed by atoms with van der Waals surface area (Å²) in [5.74, 6) is -8.05. The second-order valence-corrected chi connectivity index (χ2v) is 4.20. The molecular weight excluding hydrogens is 351 g/mol. The molecule has 0 unspecified atom stereocenters. The van der Waals surface area contributed by atoms with Gasteiger partial charge in [0.1, 0.15) is 11.6 Å². The molecule has 0 atom stereocenters. The van der Waals surface area contributed by atoms with Crippen LogP contribution < -0.4 is 10.5 Å². The lowest BCUT2D eigenvalue weighted by molar-refractivity contribution is -0.342. The number of nitrogen functional groups attached to an aromatic ring is 1. The molecule has 0 amide bonds. The highest BCUT2D eigenvalue weighted by molar-refractivity contribution is 9.10. The largest absolute Gasteiger partial charge is 0.470 e. The van der Waals surface area contributed by atoms with Crippen molar-refractivity contribution in [1.82, 2.24) is 0 Å². The summed E-state index contributed by atoms with van der Waals surface area (Å²) in [4.78, 5) is 0. The van der Waals surface area contributed by atoms with E-state index in [4.69, 9.17) is 5.73 Å². The first-order valence-electron chi connectivity index (χ1n) is 4.46. The van der Waals surface area contributed by atoms with Crippen LogP contribution in [0.1, 0.15) is 0 Å². The minimum absolute atomic E-state index is 0.273. The average molecular weight is 356 g/mol. The van der Waals surface area contributed by atoms with Crippen molar-refractivity contribution in [2.24, 2.45) is 0 Å². The van der Waals surface area contributed by atoms with E-state index in [-0.39, 0.29) is 6.07 Å². The Labute approximate surface area is 110 Å². The normalized spacial score (nSPS) is 12.9. The van der Waals surface area contributed by atoms with Gasteiger partial charge in [0.15, 0.2) is 0 Å². The molecule has 0 aliphatic heterocycles.